The molecule has 0 spiro atoms. The Labute approximate surface area is 323 Å². The van der Waals surface area contributed by atoms with Crippen LogP contribution in [0.15, 0.2) is 176 Å². The number of nitrogens with zero attached hydrogens (tertiary/aromatic N) is 5. The third kappa shape index (κ3) is 6.64. The molecule has 9 heteroatoms. The molecule has 0 amide bonds. The number of para-hydroxylation sites is 4. The van der Waals surface area contributed by atoms with Crippen molar-refractivity contribution >= 4 is 67.8 Å². The van der Waals surface area contributed by atoms with Crippen molar-refractivity contribution in [1.29, 1.82) is 0 Å². The Hall–Kier alpha value is -6.58. The lowest BCUT2D eigenvalue weighted by atomic mass is 9.80. The number of rotatable bonds is 5. The summed E-state index contributed by atoms with van der Waals surface area (Å²) in [7, 11) is -1.59. The molecule has 0 bridgehead atoms. The van der Waals surface area contributed by atoms with E-state index in [2.05, 4.69) is 103 Å². The zero-order valence-corrected chi connectivity index (χ0v) is 29.6. The van der Waals surface area contributed by atoms with Gasteiger partial charge < -0.3 is 19.2 Å². The van der Waals surface area contributed by atoms with Crippen LogP contribution in [0.1, 0.15) is 7.43 Å². The lowest BCUT2D eigenvalue weighted by Gasteiger charge is -2.15. The summed E-state index contributed by atoms with van der Waals surface area (Å²) >= 11 is 5.99. The monoisotopic (exact) mass is 735 g/mol. The van der Waals surface area contributed by atoms with Gasteiger partial charge >= 0.3 is 7.12 Å². The number of aromatic nitrogens is 5. The highest BCUT2D eigenvalue weighted by Gasteiger charge is 2.20. The molecule has 0 fully saturated rings. The van der Waals surface area contributed by atoms with E-state index < -0.39 is 7.12 Å². The van der Waals surface area contributed by atoms with Crippen LogP contribution in [-0.4, -0.2) is 41.3 Å². The van der Waals surface area contributed by atoms with E-state index in [1.807, 2.05) is 97.1 Å². The topological polar surface area (TPSA) is 89.0 Å². The molecule has 0 aliphatic carbocycles. The minimum Gasteiger partial charge on any atom is -0.423 e. The molecule has 0 atom stereocenters. The van der Waals surface area contributed by atoms with E-state index in [9.17, 15) is 10.0 Å². The summed E-state index contributed by atoms with van der Waals surface area (Å²) in [6, 6.07) is 58.6. The molecule has 266 valence electrons. The van der Waals surface area contributed by atoms with Crippen LogP contribution < -0.4 is 5.46 Å². The number of hydrogen-bond donors (Lipinski definition) is 2. The molecule has 0 unspecified atom stereocenters. The predicted octanol–water partition coefficient (Wildman–Crippen LogP) is 10.1. The molecule has 3 aromatic heterocycles. The molecule has 0 radical (unpaired) electrons. The van der Waals surface area contributed by atoms with Crippen LogP contribution in [-0.2, 0) is 0 Å². The second-order valence-electron chi connectivity index (χ2n) is 12.9. The third-order valence-corrected chi connectivity index (χ3v) is 9.74. The Kier molecular flexibility index (Phi) is 9.70. The summed E-state index contributed by atoms with van der Waals surface area (Å²) in [5.41, 5.74) is 8.35. The molecule has 3 heterocycles. The normalized spacial score (nSPS) is 11.0. The highest BCUT2D eigenvalue weighted by atomic mass is 35.5. The zero-order chi connectivity index (χ0) is 36.6. The van der Waals surface area contributed by atoms with Crippen LogP contribution >= 0.6 is 11.6 Å². The Bertz CT molecular complexity index is 2650. The third-order valence-electron chi connectivity index (χ3n) is 9.57. The average molecular weight is 736 g/mol. The summed E-state index contributed by atoms with van der Waals surface area (Å²) in [6.07, 6.45) is 0. The number of fused-ring (bicyclic) bond motifs is 6. The van der Waals surface area contributed by atoms with Crippen molar-refractivity contribution in [1.82, 2.24) is 24.1 Å². The van der Waals surface area contributed by atoms with Gasteiger partial charge in [0.25, 0.3) is 0 Å². The van der Waals surface area contributed by atoms with E-state index in [0.29, 0.717) is 17.1 Å². The van der Waals surface area contributed by atoms with Crippen molar-refractivity contribution in [2.45, 2.75) is 7.43 Å². The predicted molar refractivity (Wildman–Crippen MR) is 227 cm³/mol. The minimum absolute atomic E-state index is 0. The van der Waals surface area contributed by atoms with Crippen LogP contribution in [0.2, 0.25) is 5.28 Å². The molecule has 10 aromatic rings. The van der Waals surface area contributed by atoms with Crippen molar-refractivity contribution in [3.05, 3.63) is 181 Å². The summed E-state index contributed by atoms with van der Waals surface area (Å²) in [6.45, 7) is 0. The second-order valence-corrected chi connectivity index (χ2v) is 13.2. The molecule has 2 N–H and O–H groups in total. The van der Waals surface area contributed by atoms with E-state index in [0.717, 1.165) is 66.1 Å². The first-order valence-corrected chi connectivity index (χ1v) is 17.9. The van der Waals surface area contributed by atoms with Crippen molar-refractivity contribution in [2.24, 2.45) is 0 Å². The van der Waals surface area contributed by atoms with Crippen LogP contribution in [0.4, 0.5) is 0 Å². The number of benzene rings is 7. The molecule has 7 aromatic carbocycles. The van der Waals surface area contributed by atoms with Gasteiger partial charge in [-0.05, 0) is 59.5 Å². The van der Waals surface area contributed by atoms with E-state index in [1.165, 1.54) is 0 Å². The highest BCUT2D eigenvalue weighted by Crippen LogP contribution is 2.35. The molecular weight excluding hydrogens is 701 g/mol. The van der Waals surface area contributed by atoms with Gasteiger partial charge in [0.2, 0.25) is 5.28 Å². The van der Waals surface area contributed by atoms with Gasteiger partial charge in [-0.2, -0.15) is 9.97 Å². The summed E-state index contributed by atoms with van der Waals surface area (Å²) < 4.78 is 4.40. The quantitative estimate of drug-likeness (QED) is 0.172. The lowest BCUT2D eigenvalue weighted by Crippen LogP contribution is -2.30. The summed E-state index contributed by atoms with van der Waals surface area (Å²) in [4.78, 5) is 12.8. The molecule has 10 rings (SSSR count). The fourth-order valence-corrected chi connectivity index (χ4v) is 7.37. The maximum atomic E-state index is 10.3. The van der Waals surface area contributed by atoms with E-state index >= 15 is 0 Å². The SMILES string of the molecule is C.Clc1nc(-c2ccccc2)nc(-c2ccccc2)n1.OB(O)c1cc(-n2c3ccccc3c3ccccc32)cc(-n2c3ccccc3c3ccccc32)c1. The van der Waals surface area contributed by atoms with Crippen LogP contribution in [0.5, 0.6) is 0 Å². The van der Waals surface area contributed by atoms with Crippen molar-refractivity contribution in [3.8, 4) is 34.2 Å². The minimum atomic E-state index is -1.59. The van der Waals surface area contributed by atoms with Gasteiger partial charge in [-0.15, -0.1) is 0 Å². The Balaban J connectivity index is 0.000000181. The Morgan fingerprint density at radius 3 is 1.09 bits per heavy atom. The van der Waals surface area contributed by atoms with Crippen LogP contribution in [0.25, 0.3) is 77.8 Å². The van der Waals surface area contributed by atoms with Crippen LogP contribution in [0.3, 0.4) is 0 Å². The molecule has 55 heavy (non-hydrogen) atoms. The fraction of sp³-hybridized carbons (Fsp3) is 0.0217. The van der Waals surface area contributed by atoms with Gasteiger partial charge in [-0.1, -0.05) is 141 Å². The first-order chi connectivity index (χ1) is 26.5. The first-order valence-electron chi connectivity index (χ1n) is 17.5. The van der Waals surface area contributed by atoms with Crippen molar-refractivity contribution in [2.75, 3.05) is 0 Å². The van der Waals surface area contributed by atoms with E-state index in [-0.39, 0.29) is 12.7 Å². The maximum Gasteiger partial charge on any atom is 0.488 e. The van der Waals surface area contributed by atoms with Crippen LogP contribution in [0, 0.1) is 0 Å². The van der Waals surface area contributed by atoms with Crippen molar-refractivity contribution < 1.29 is 10.0 Å². The van der Waals surface area contributed by atoms with Gasteiger partial charge in [0.05, 0.1) is 22.1 Å². The first kappa shape index (κ1) is 35.5. The highest BCUT2D eigenvalue weighted by molar-refractivity contribution is 6.58. The number of hydrogen-bond acceptors (Lipinski definition) is 5. The molecule has 0 aliphatic rings. The molecule has 7 nitrogen and oxygen atoms in total. The number of halogens is 1. The van der Waals surface area contributed by atoms with Gasteiger partial charge in [0, 0.05) is 44.0 Å². The summed E-state index contributed by atoms with van der Waals surface area (Å²) in [5, 5.41) is 25.4. The lowest BCUT2D eigenvalue weighted by molar-refractivity contribution is 0.425. The Morgan fingerprint density at radius 1 is 0.418 bits per heavy atom. The fourth-order valence-electron chi connectivity index (χ4n) is 7.21. The smallest absolute Gasteiger partial charge is 0.423 e. The van der Waals surface area contributed by atoms with Gasteiger partial charge in [0.1, 0.15) is 0 Å². The molecule has 0 saturated heterocycles. The molecule has 0 saturated carbocycles. The van der Waals surface area contributed by atoms with Gasteiger partial charge in [-0.25, -0.2) is 4.98 Å². The Morgan fingerprint density at radius 2 is 0.745 bits per heavy atom. The second kappa shape index (κ2) is 15.0. The van der Waals surface area contributed by atoms with E-state index in [4.69, 9.17) is 11.6 Å². The zero-order valence-electron chi connectivity index (χ0n) is 28.8. The largest absolute Gasteiger partial charge is 0.488 e. The molecular formula is C46H35BClN5O2. The van der Waals surface area contributed by atoms with Crippen molar-refractivity contribution in [3.63, 3.8) is 0 Å². The summed E-state index contributed by atoms with van der Waals surface area (Å²) in [5.74, 6) is 1.17. The average Bonchev–Trinajstić information content (AvgIpc) is 3.75. The van der Waals surface area contributed by atoms with Gasteiger partial charge in [0.15, 0.2) is 11.6 Å². The maximum absolute atomic E-state index is 10.3. The van der Waals surface area contributed by atoms with E-state index in [1.54, 1.807) is 0 Å². The van der Waals surface area contributed by atoms with Gasteiger partial charge in [-0.3, -0.25) is 0 Å². The molecule has 0 aliphatic heterocycles. The standard InChI is InChI=1S/C30H21BN2O2.C15H10ClN3.CH4/c34-31(35)20-17-21(32-27-13-5-1-9-23(27)24-10-2-6-14-28(24)32)19-22(18-20)33-29-15-7-3-11-25(29)26-12-4-8-16-30(26)33;16-15-18-13(11-7-3-1-4-8-11)17-14(19-15)12-9-5-2-6-10-12;/h1-19,34-35H;1-10H;1H4.